The van der Waals surface area contributed by atoms with Gasteiger partial charge in [-0.25, -0.2) is 4.90 Å². The zero-order chi connectivity index (χ0) is 22.2. The van der Waals surface area contributed by atoms with Crippen LogP contribution in [-0.4, -0.2) is 24.9 Å². The molecule has 3 aromatic rings. The lowest BCUT2D eigenvalue weighted by molar-refractivity contribution is -0.120. The van der Waals surface area contributed by atoms with E-state index in [1.807, 2.05) is 61.7 Å². The maximum atomic E-state index is 13.5. The van der Waals surface area contributed by atoms with Gasteiger partial charge in [0.25, 0.3) is 11.8 Å². The van der Waals surface area contributed by atoms with Gasteiger partial charge in [-0.2, -0.15) is 0 Å². The van der Waals surface area contributed by atoms with Crippen molar-refractivity contribution in [2.24, 2.45) is 0 Å². The fraction of sp³-hybridized carbons (Fsp3) is 0.231. The maximum absolute atomic E-state index is 13.5. The summed E-state index contributed by atoms with van der Waals surface area (Å²) in [5.41, 5.74) is 5.33. The molecule has 32 heavy (non-hydrogen) atoms. The van der Waals surface area contributed by atoms with Crippen molar-refractivity contribution in [3.63, 3.8) is 0 Å². The molecule has 0 aliphatic carbocycles. The first-order valence-corrected chi connectivity index (χ1v) is 11.8. The molecule has 0 atom stereocenters. The number of carbonyl (C=O) groups is 2. The Balaban J connectivity index is 1.51. The molecule has 2 aliphatic heterocycles. The first-order chi connectivity index (χ1) is 15.5. The monoisotopic (exact) mass is 443 g/mol. The zero-order valence-electron chi connectivity index (χ0n) is 18.2. The van der Waals surface area contributed by atoms with Crippen molar-refractivity contribution in [2.45, 2.75) is 26.7 Å². The zero-order valence-corrected chi connectivity index (χ0v) is 19.0. The summed E-state index contributed by atoms with van der Waals surface area (Å²) in [6.07, 6.45) is 2.45. The highest BCUT2D eigenvalue weighted by Gasteiger charge is 2.41. The van der Waals surface area contributed by atoms with E-state index < -0.39 is 0 Å². The van der Waals surface area contributed by atoms with Crippen molar-refractivity contribution < 1.29 is 9.59 Å². The second-order valence-corrected chi connectivity index (χ2v) is 9.21. The highest BCUT2D eigenvalue weighted by atomic mass is 32.1. The summed E-state index contributed by atoms with van der Waals surface area (Å²) in [6, 6.07) is 17.6. The summed E-state index contributed by atoms with van der Waals surface area (Å²) < 4.78 is 0. The number of anilines is 3. The molecule has 5 rings (SSSR count). The third-order valence-electron chi connectivity index (χ3n) is 6.28. The largest absolute Gasteiger partial charge is 0.372 e. The highest BCUT2D eigenvalue weighted by molar-refractivity contribution is 7.11. The Labute approximate surface area is 192 Å². The van der Waals surface area contributed by atoms with E-state index in [0.29, 0.717) is 17.0 Å². The Morgan fingerprint density at radius 1 is 0.875 bits per heavy atom. The Morgan fingerprint density at radius 2 is 1.62 bits per heavy atom. The minimum atomic E-state index is -0.323. The van der Waals surface area contributed by atoms with Gasteiger partial charge in [0.2, 0.25) is 0 Å². The topological polar surface area (TPSA) is 52.7 Å². The third-order valence-corrected chi connectivity index (χ3v) is 7.16. The summed E-state index contributed by atoms with van der Waals surface area (Å²) in [5.74, 6) is -0.613. The summed E-state index contributed by atoms with van der Waals surface area (Å²) >= 11 is 1.46. The van der Waals surface area contributed by atoms with Gasteiger partial charge in [-0.3, -0.25) is 9.59 Å². The third kappa shape index (κ3) is 3.50. The van der Waals surface area contributed by atoms with Gasteiger partial charge in [-0.15, -0.1) is 11.3 Å². The molecule has 162 valence electrons. The summed E-state index contributed by atoms with van der Waals surface area (Å²) in [4.78, 5) is 31.5. The molecule has 0 saturated carbocycles. The van der Waals surface area contributed by atoms with Crippen LogP contribution in [-0.2, 0) is 9.59 Å². The highest BCUT2D eigenvalue weighted by Crippen LogP contribution is 2.37. The number of aryl methyl sites for hydroxylation is 1. The summed E-state index contributed by atoms with van der Waals surface area (Å²) in [6.45, 7) is 6.09. The average molecular weight is 444 g/mol. The van der Waals surface area contributed by atoms with Crippen molar-refractivity contribution in [3.05, 3.63) is 81.7 Å². The van der Waals surface area contributed by atoms with Crippen LogP contribution in [0.4, 0.5) is 17.1 Å². The molecule has 1 fully saturated rings. The van der Waals surface area contributed by atoms with E-state index in [4.69, 9.17) is 0 Å². The number of benzene rings is 2. The summed E-state index contributed by atoms with van der Waals surface area (Å²) in [5, 5.41) is 5.19. The summed E-state index contributed by atoms with van der Waals surface area (Å²) in [7, 11) is 0. The lowest BCUT2D eigenvalue weighted by Gasteiger charge is -2.19. The van der Waals surface area contributed by atoms with Crippen LogP contribution in [0.25, 0.3) is 5.57 Å². The number of thiophene rings is 1. The van der Waals surface area contributed by atoms with Crippen LogP contribution in [0.3, 0.4) is 0 Å². The van der Waals surface area contributed by atoms with E-state index >= 15 is 0 Å². The molecule has 0 unspecified atom stereocenters. The molecule has 2 amide bonds. The molecular formula is C26H25N3O2S. The molecule has 1 N–H and O–H groups in total. The number of hydrogen-bond donors (Lipinski definition) is 1. The number of nitrogens with zero attached hydrogens (tertiary/aromatic N) is 2. The van der Waals surface area contributed by atoms with Crippen LogP contribution < -0.4 is 15.1 Å². The van der Waals surface area contributed by atoms with E-state index in [2.05, 4.69) is 22.3 Å². The van der Waals surface area contributed by atoms with E-state index in [-0.39, 0.29) is 11.8 Å². The lowest BCUT2D eigenvalue weighted by atomic mass is 10.1. The van der Waals surface area contributed by atoms with Gasteiger partial charge in [0.05, 0.1) is 11.3 Å². The minimum absolute atomic E-state index is 0.290. The van der Waals surface area contributed by atoms with Gasteiger partial charge >= 0.3 is 0 Å². The first-order valence-electron chi connectivity index (χ1n) is 10.9. The smallest absolute Gasteiger partial charge is 0.282 e. The van der Waals surface area contributed by atoms with Crippen molar-refractivity contribution in [1.82, 2.24) is 0 Å². The molecule has 0 bridgehead atoms. The minimum Gasteiger partial charge on any atom is -0.372 e. The Hall–Kier alpha value is -3.38. The molecule has 3 heterocycles. The number of amides is 2. The average Bonchev–Trinajstić information content (AvgIpc) is 3.54. The van der Waals surface area contributed by atoms with Crippen LogP contribution in [0.15, 0.2) is 65.7 Å². The second-order valence-electron chi connectivity index (χ2n) is 8.26. The van der Waals surface area contributed by atoms with Gasteiger partial charge in [0.1, 0.15) is 5.70 Å². The Bertz CT molecular complexity index is 1210. The molecule has 1 saturated heterocycles. The molecule has 2 aliphatic rings. The number of nitrogens with one attached hydrogen (secondary N) is 1. The van der Waals surface area contributed by atoms with Crippen LogP contribution in [0.2, 0.25) is 0 Å². The van der Waals surface area contributed by atoms with E-state index in [9.17, 15) is 9.59 Å². The number of carbonyl (C=O) groups excluding carboxylic acids is 2. The first kappa shape index (κ1) is 20.5. The number of rotatable bonds is 5. The number of hydrogen-bond acceptors (Lipinski definition) is 5. The van der Waals surface area contributed by atoms with Crippen LogP contribution in [0, 0.1) is 13.8 Å². The van der Waals surface area contributed by atoms with Crippen molar-refractivity contribution in [2.75, 3.05) is 28.2 Å². The lowest BCUT2D eigenvalue weighted by Crippen LogP contribution is -2.33. The number of imide groups is 1. The van der Waals surface area contributed by atoms with Gasteiger partial charge in [0, 0.05) is 29.3 Å². The molecule has 2 aromatic carbocycles. The Kier molecular flexibility index (Phi) is 5.31. The second kappa shape index (κ2) is 8.28. The fourth-order valence-electron chi connectivity index (χ4n) is 4.37. The van der Waals surface area contributed by atoms with E-state index in [1.165, 1.54) is 34.8 Å². The standard InChI is InChI=1S/C26H25N3O2S/c1-17-7-5-8-21(18(17)2)29-25(30)23(22-9-6-16-32-22)24(26(29)31)27-19-10-12-20(13-11-19)28-14-3-4-15-28/h5-13,16,27H,3-4,14-15H2,1-2H3. The van der Waals surface area contributed by atoms with Crippen molar-refractivity contribution in [1.29, 1.82) is 0 Å². The maximum Gasteiger partial charge on any atom is 0.282 e. The van der Waals surface area contributed by atoms with Gasteiger partial charge in [-0.05, 0) is 79.6 Å². The predicted octanol–water partition coefficient (Wildman–Crippen LogP) is 5.36. The van der Waals surface area contributed by atoms with Crippen molar-refractivity contribution >= 4 is 45.8 Å². The van der Waals surface area contributed by atoms with E-state index in [1.54, 1.807) is 0 Å². The van der Waals surface area contributed by atoms with Crippen LogP contribution in [0.5, 0.6) is 0 Å². The van der Waals surface area contributed by atoms with E-state index in [0.717, 1.165) is 34.8 Å². The molecule has 0 radical (unpaired) electrons. The van der Waals surface area contributed by atoms with Crippen LogP contribution >= 0.6 is 11.3 Å². The molecule has 1 aromatic heterocycles. The van der Waals surface area contributed by atoms with Gasteiger partial charge < -0.3 is 10.2 Å². The fourth-order valence-corrected chi connectivity index (χ4v) is 5.14. The molecular weight excluding hydrogens is 418 g/mol. The quantitative estimate of drug-likeness (QED) is 0.539. The van der Waals surface area contributed by atoms with Crippen molar-refractivity contribution in [3.8, 4) is 0 Å². The predicted molar refractivity (Wildman–Crippen MR) is 131 cm³/mol. The molecule has 0 spiro atoms. The van der Waals surface area contributed by atoms with Crippen LogP contribution in [0.1, 0.15) is 28.8 Å². The SMILES string of the molecule is Cc1cccc(N2C(=O)C(Nc3ccc(N4CCCC4)cc3)=C(c3cccs3)C2=O)c1C. The van der Waals surface area contributed by atoms with Gasteiger partial charge in [0.15, 0.2) is 0 Å². The molecule has 6 heteroatoms. The Morgan fingerprint density at radius 3 is 2.31 bits per heavy atom. The molecule has 5 nitrogen and oxygen atoms in total. The van der Waals surface area contributed by atoms with Gasteiger partial charge in [-0.1, -0.05) is 18.2 Å². The normalized spacial score (nSPS) is 16.4.